The third kappa shape index (κ3) is 4.73. The van der Waals surface area contributed by atoms with E-state index >= 15 is 0 Å². The summed E-state index contributed by atoms with van der Waals surface area (Å²) in [4.78, 5) is 27.6. The Morgan fingerprint density at radius 3 is 2.44 bits per heavy atom. The van der Waals surface area contributed by atoms with Crippen LogP contribution in [0.3, 0.4) is 0 Å². The number of amides is 2. The summed E-state index contributed by atoms with van der Waals surface area (Å²) in [5.41, 5.74) is 1.95. The van der Waals surface area contributed by atoms with E-state index in [4.69, 9.17) is 4.74 Å². The molecule has 0 bridgehead atoms. The van der Waals surface area contributed by atoms with Crippen molar-refractivity contribution >= 4 is 23.2 Å². The van der Waals surface area contributed by atoms with E-state index in [-0.39, 0.29) is 18.4 Å². The summed E-state index contributed by atoms with van der Waals surface area (Å²) in [5, 5.41) is 2.82. The molecule has 25 heavy (non-hydrogen) atoms. The van der Waals surface area contributed by atoms with Gasteiger partial charge in [-0.1, -0.05) is 18.2 Å². The third-order valence-corrected chi connectivity index (χ3v) is 3.68. The van der Waals surface area contributed by atoms with Crippen molar-refractivity contribution in [2.45, 2.75) is 0 Å². The van der Waals surface area contributed by atoms with Gasteiger partial charge in [-0.2, -0.15) is 0 Å². The van der Waals surface area contributed by atoms with Gasteiger partial charge in [0.25, 0.3) is 5.91 Å². The Kier molecular flexibility index (Phi) is 6.00. The number of ether oxygens (including phenoxy) is 1. The molecule has 0 aliphatic carbocycles. The van der Waals surface area contributed by atoms with Crippen molar-refractivity contribution in [3.05, 3.63) is 54.1 Å². The first-order valence-electron chi connectivity index (χ1n) is 7.88. The summed E-state index contributed by atoms with van der Waals surface area (Å²) in [6.07, 6.45) is 0. The molecule has 0 heterocycles. The van der Waals surface area contributed by atoms with Crippen molar-refractivity contribution < 1.29 is 14.3 Å². The van der Waals surface area contributed by atoms with E-state index in [9.17, 15) is 9.59 Å². The molecule has 0 saturated carbocycles. The maximum absolute atomic E-state index is 12.3. The number of methoxy groups -OCH3 is 1. The summed E-state index contributed by atoms with van der Waals surface area (Å²) in [7, 11) is 6.80. The highest BCUT2D eigenvalue weighted by Crippen LogP contribution is 2.26. The molecule has 6 heteroatoms. The van der Waals surface area contributed by atoms with Gasteiger partial charge in [0.15, 0.2) is 0 Å². The van der Waals surface area contributed by atoms with Crippen molar-refractivity contribution in [2.24, 2.45) is 0 Å². The molecule has 2 aromatic rings. The molecule has 0 radical (unpaired) electrons. The van der Waals surface area contributed by atoms with Crippen LogP contribution in [0.15, 0.2) is 48.5 Å². The van der Waals surface area contributed by atoms with E-state index < -0.39 is 0 Å². The lowest BCUT2D eigenvalue weighted by Gasteiger charge is -2.21. The molecule has 0 saturated heterocycles. The maximum atomic E-state index is 12.3. The van der Waals surface area contributed by atoms with E-state index in [1.54, 1.807) is 45.5 Å². The van der Waals surface area contributed by atoms with E-state index in [1.165, 1.54) is 4.90 Å². The quantitative estimate of drug-likeness (QED) is 0.877. The zero-order valence-electron chi connectivity index (χ0n) is 14.9. The number of nitrogens with zero attached hydrogens (tertiary/aromatic N) is 2. The number of rotatable bonds is 6. The first-order chi connectivity index (χ1) is 11.9. The number of para-hydroxylation sites is 2. The van der Waals surface area contributed by atoms with Crippen LogP contribution in [0.1, 0.15) is 10.4 Å². The molecule has 0 aromatic heterocycles. The SMILES string of the molecule is COc1ccccc1N(C)CC(=O)Nc1cccc(C(=O)N(C)C)c1. The van der Waals surface area contributed by atoms with Gasteiger partial charge < -0.3 is 19.9 Å². The van der Waals surface area contributed by atoms with Crippen LogP contribution in [0.25, 0.3) is 0 Å². The number of hydrogen-bond donors (Lipinski definition) is 1. The second-order valence-electron chi connectivity index (χ2n) is 5.86. The molecule has 0 aliphatic rings. The minimum atomic E-state index is -0.178. The highest BCUT2D eigenvalue weighted by atomic mass is 16.5. The number of carbonyl (C=O) groups is 2. The molecular formula is C19H23N3O3. The highest BCUT2D eigenvalue weighted by molar-refractivity contribution is 5.98. The number of anilines is 2. The van der Waals surface area contributed by atoms with Crippen LogP contribution in [0.4, 0.5) is 11.4 Å². The zero-order chi connectivity index (χ0) is 18.4. The van der Waals surface area contributed by atoms with Gasteiger partial charge in [0.2, 0.25) is 5.91 Å². The molecule has 2 aromatic carbocycles. The zero-order valence-corrected chi connectivity index (χ0v) is 14.9. The van der Waals surface area contributed by atoms with E-state index in [0.29, 0.717) is 17.0 Å². The minimum absolute atomic E-state index is 0.109. The Morgan fingerprint density at radius 2 is 1.76 bits per heavy atom. The minimum Gasteiger partial charge on any atom is -0.495 e. The molecule has 0 fully saturated rings. The first-order valence-corrected chi connectivity index (χ1v) is 7.88. The van der Waals surface area contributed by atoms with E-state index in [1.807, 2.05) is 36.2 Å². The van der Waals surface area contributed by atoms with Crippen LogP contribution in [0.2, 0.25) is 0 Å². The van der Waals surface area contributed by atoms with Gasteiger partial charge in [-0.3, -0.25) is 9.59 Å². The molecule has 132 valence electrons. The normalized spacial score (nSPS) is 10.1. The van der Waals surface area contributed by atoms with Crippen LogP contribution in [-0.4, -0.2) is 51.5 Å². The summed E-state index contributed by atoms with van der Waals surface area (Å²) in [6, 6.07) is 14.4. The van der Waals surface area contributed by atoms with Crippen molar-refractivity contribution in [3.63, 3.8) is 0 Å². The van der Waals surface area contributed by atoms with Crippen molar-refractivity contribution in [1.29, 1.82) is 0 Å². The molecule has 1 N–H and O–H groups in total. The number of nitrogens with one attached hydrogen (secondary N) is 1. The lowest BCUT2D eigenvalue weighted by molar-refractivity contribution is -0.114. The second-order valence-corrected chi connectivity index (χ2v) is 5.86. The van der Waals surface area contributed by atoms with Gasteiger partial charge in [-0.25, -0.2) is 0 Å². The molecular weight excluding hydrogens is 318 g/mol. The molecule has 2 amide bonds. The van der Waals surface area contributed by atoms with Gasteiger partial charge in [0.05, 0.1) is 19.3 Å². The van der Waals surface area contributed by atoms with Crippen LogP contribution in [0, 0.1) is 0 Å². The molecule has 0 spiro atoms. The van der Waals surface area contributed by atoms with Crippen LogP contribution in [-0.2, 0) is 4.79 Å². The van der Waals surface area contributed by atoms with Crippen LogP contribution >= 0.6 is 0 Å². The van der Waals surface area contributed by atoms with E-state index in [2.05, 4.69) is 5.32 Å². The fourth-order valence-electron chi connectivity index (χ4n) is 2.43. The van der Waals surface area contributed by atoms with Gasteiger partial charge in [0.1, 0.15) is 5.75 Å². The number of benzene rings is 2. The molecule has 0 aliphatic heterocycles. The fourth-order valence-corrected chi connectivity index (χ4v) is 2.43. The number of carbonyl (C=O) groups excluding carboxylic acids is 2. The van der Waals surface area contributed by atoms with E-state index in [0.717, 1.165) is 5.69 Å². The summed E-state index contributed by atoms with van der Waals surface area (Å²) >= 11 is 0. The topological polar surface area (TPSA) is 61.9 Å². The lowest BCUT2D eigenvalue weighted by Crippen LogP contribution is -2.30. The Labute approximate surface area is 148 Å². The average Bonchev–Trinajstić information content (AvgIpc) is 2.60. The van der Waals surface area contributed by atoms with Crippen LogP contribution in [0.5, 0.6) is 5.75 Å². The number of likely N-dealkylation sites (N-methyl/N-ethyl adjacent to an activating group) is 1. The first kappa shape index (κ1) is 18.3. The third-order valence-electron chi connectivity index (χ3n) is 3.68. The Morgan fingerprint density at radius 1 is 1.04 bits per heavy atom. The van der Waals surface area contributed by atoms with Gasteiger partial charge in [0, 0.05) is 32.4 Å². The van der Waals surface area contributed by atoms with Crippen molar-refractivity contribution in [1.82, 2.24) is 4.90 Å². The summed E-state index contributed by atoms with van der Waals surface area (Å²) in [5.74, 6) is 0.418. The second kappa shape index (κ2) is 8.19. The standard InChI is InChI=1S/C19H23N3O3/c1-21(2)19(24)14-8-7-9-15(12-14)20-18(23)13-22(3)16-10-5-6-11-17(16)25-4/h5-12H,13H2,1-4H3,(H,20,23). The predicted octanol–water partition coefficient (Wildman–Crippen LogP) is 2.47. The average molecular weight is 341 g/mol. The highest BCUT2D eigenvalue weighted by Gasteiger charge is 2.13. The monoisotopic (exact) mass is 341 g/mol. The molecule has 0 unspecified atom stereocenters. The van der Waals surface area contributed by atoms with Gasteiger partial charge in [-0.15, -0.1) is 0 Å². The smallest absolute Gasteiger partial charge is 0.253 e. The Bertz CT molecular complexity index is 759. The summed E-state index contributed by atoms with van der Waals surface area (Å²) < 4.78 is 5.32. The molecule has 2 rings (SSSR count). The van der Waals surface area contributed by atoms with Crippen molar-refractivity contribution in [3.8, 4) is 5.75 Å². The molecule has 0 atom stereocenters. The Hall–Kier alpha value is -3.02. The fraction of sp³-hybridized carbons (Fsp3) is 0.263. The molecule has 6 nitrogen and oxygen atoms in total. The van der Waals surface area contributed by atoms with Crippen LogP contribution < -0.4 is 15.0 Å². The van der Waals surface area contributed by atoms with Gasteiger partial charge in [-0.05, 0) is 30.3 Å². The Balaban J connectivity index is 2.05. The largest absolute Gasteiger partial charge is 0.495 e. The van der Waals surface area contributed by atoms with Crippen molar-refractivity contribution in [2.75, 3.05) is 45.0 Å². The number of hydrogen-bond acceptors (Lipinski definition) is 4. The predicted molar refractivity (Wildman–Crippen MR) is 99.4 cm³/mol. The lowest BCUT2D eigenvalue weighted by atomic mass is 10.2. The van der Waals surface area contributed by atoms with Gasteiger partial charge >= 0.3 is 0 Å². The summed E-state index contributed by atoms with van der Waals surface area (Å²) in [6.45, 7) is 0.159. The maximum Gasteiger partial charge on any atom is 0.253 e.